The van der Waals surface area contributed by atoms with E-state index in [-0.39, 0.29) is 0 Å². The second-order valence-electron chi connectivity index (χ2n) is 4.39. The monoisotopic (exact) mass is 309 g/mol. The van der Waals surface area contributed by atoms with Crippen LogP contribution in [0.25, 0.3) is 0 Å². The molecule has 0 amide bonds. The highest BCUT2D eigenvalue weighted by Crippen LogP contribution is 2.29. The number of methoxy groups -OCH3 is 1. The van der Waals surface area contributed by atoms with Crippen LogP contribution in [0.3, 0.4) is 0 Å². The summed E-state index contributed by atoms with van der Waals surface area (Å²) in [5.41, 5.74) is 6.91. The summed E-state index contributed by atoms with van der Waals surface area (Å²) in [4.78, 5) is 4.29. The van der Waals surface area contributed by atoms with E-state index in [4.69, 9.17) is 16.3 Å². The Morgan fingerprint density at radius 3 is 2.70 bits per heavy atom. The van der Waals surface area contributed by atoms with Crippen LogP contribution in [0.15, 0.2) is 22.6 Å². The first kappa shape index (κ1) is 14.8. The van der Waals surface area contributed by atoms with Crippen molar-refractivity contribution in [3.05, 3.63) is 39.3 Å². The molecule has 0 radical (unpaired) electrons. The molecule has 0 aliphatic heterocycles. The number of benzene rings is 1. The zero-order valence-corrected chi connectivity index (χ0v) is 13.4. The maximum Gasteiger partial charge on any atom is 0.185 e. The largest absolute Gasteiger partial charge is 0.496 e. The number of aryl methyl sites for hydroxylation is 2. The number of nitrogens with zero attached hydrogens (tertiary/aromatic N) is 2. The third-order valence-electron chi connectivity index (χ3n) is 2.90. The van der Waals surface area contributed by atoms with Gasteiger partial charge in [-0.05, 0) is 32.4 Å². The minimum absolute atomic E-state index is 0.352. The lowest BCUT2D eigenvalue weighted by Crippen LogP contribution is -2.01. The SMILES string of the molecule is COc1ccc(C)c(N/N=C(\Cl)c2nc(C)cs2)c1C. The summed E-state index contributed by atoms with van der Waals surface area (Å²) in [6.45, 7) is 5.91. The highest BCUT2D eigenvalue weighted by molar-refractivity contribution is 7.13. The van der Waals surface area contributed by atoms with Crippen LogP contribution in [0.5, 0.6) is 5.75 Å². The summed E-state index contributed by atoms with van der Waals surface area (Å²) < 4.78 is 5.30. The number of rotatable bonds is 4. The minimum atomic E-state index is 0.352. The van der Waals surface area contributed by atoms with Gasteiger partial charge in [-0.2, -0.15) is 5.10 Å². The number of nitrogens with one attached hydrogen (secondary N) is 1. The van der Waals surface area contributed by atoms with Crippen molar-refractivity contribution in [2.24, 2.45) is 5.10 Å². The number of hydrogen-bond donors (Lipinski definition) is 1. The molecule has 20 heavy (non-hydrogen) atoms. The molecule has 0 saturated heterocycles. The van der Waals surface area contributed by atoms with Gasteiger partial charge in [-0.1, -0.05) is 17.7 Å². The Labute approximate surface area is 127 Å². The van der Waals surface area contributed by atoms with Crippen LogP contribution in [0.1, 0.15) is 21.8 Å². The highest BCUT2D eigenvalue weighted by atomic mass is 35.5. The molecule has 2 aromatic rings. The first-order chi connectivity index (χ1) is 9.52. The lowest BCUT2D eigenvalue weighted by atomic mass is 10.1. The number of anilines is 1. The normalized spacial score (nSPS) is 11.6. The Morgan fingerprint density at radius 1 is 1.35 bits per heavy atom. The fourth-order valence-corrected chi connectivity index (χ4v) is 2.72. The van der Waals surface area contributed by atoms with Gasteiger partial charge in [-0.25, -0.2) is 4.98 Å². The number of hydrogen-bond acceptors (Lipinski definition) is 5. The van der Waals surface area contributed by atoms with Gasteiger partial charge in [0.1, 0.15) is 5.75 Å². The summed E-state index contributed by atoms with van der Waals surface area (Å²) in [5.74, 6) is 0.814. The molecule has 1 heterocycles. The predicted octanol–water partition coefficient (Wildman–Crippen LogP) is 4.09. The molecule has 0 aliphatic carbocycles. The average molecular weight is 310 g/mol. The fourth-order valence-electron chi connectivity index (χ4n) is 1.82. The van der Waals surface area contributed by atoms with E-state index in [1.54, 1.807) is 7.11 Å². The Balaban J connectivity index is 2.26. The molecule has 1 aromatic carbocycles. The Hall–Kier alpha value is -1.59. The summed E-state index contributed by atoms with van der Waals surface area (Å²) in [5, 5.41) is 7.19. The van der Waals surface area contributed by atoms with Crippen LogP contribution in [0.2, 0.25) is 0 Å². The van der Waals surface area contributed by atoms with Crippen LogP contribution in [0.4, 0.5) is 5.69 Å². The molecule has 4 nitrogen and oxygen atoms in total. The van der Waals surface area contributed by atoms with Crippen molar-refractivity contribution in [2.45, 2.75) is 20.8 Å². The summed E-state index contributed by atoms with van der Waals surface area (Å²) in [6.07, 6.45) is 0. The first-order valence-electron chi connectivity index (χ1n) is 6.08. The molecule has 0 fully saturated rings. The number of aromatic nitrogens is 1. The third-order valence-corrected chi connectivity index (χ3v) is 4.25. The molecular formula is C14H16ClN3OS. The zero-order chi connectivity index (χ0) is 14.7. The van der Waals surface area contributed by atoms with E-state index in [1.807, 2.05) is 38.3 Å². The third kappa shape index (κ3) is 3.11. The maximum atomic E-state index is 6.15. The first-order valence-corrected chi connectivity index (χ1v) is 7.34. The number of ether oxygens (including phenoxy) is 1. The van der Waals surface area contributed by atoms with Crippen LogP contribution in [0, 0.1) is 20.8 Å². The Bertz CT molecular complexity index is 652. The van der Waals surface area contributed by atoms with Crippen molar-refractivity contribution in [3.63, 3.8) is 0 Å². The molecule has 106 valence electrons. The van der Waals surface area contributed by atoms with Crippen molar-refractivity contribution >= 4 is 33.8 Å². The van der Waals surface area contributed by atoms with E-state index in [9.17, 15) is 0 Å². The molecule has 2 rings (SSSR count). The molecule has 1 aromatic heterocycles. The van der Waals surface area contributed by atoms with Crippen molar-refractivity contribution in [1.82, 2.24) is 4.98 Å². The lowest BCUT2D eigenvalue weighted by Gasteiger charge is -2.12. The van der Waals surface area contributed by atoms with Gasteiger partial charge in [0.05, 0.1) is 12.8 Å². The standard InChI is InChI=1S/C14H16ClN3OS/c1-8-5-6-11(19-4)10(3)12(8)17-18-13(15)14-16-9(2)7-20-14/h5-7,17H,1-4H3/b18-13-. The molecular weight excluding hydrogens is 294 g/mol. The molecule has 1 N–H and O–H groups in total. The Morgan fingerprint density at radius 2 is 2.10 bits per heavy atom. The maximum absolute atomic E-state index is 6.15. The second-order valence-corrected chi connectivity index (χ2v) is 5.61. The van der Waals surface area contributed by atoms with Crippen LogP contribution >= 0.6 is 22.9 Å². The quantitative estimate of drug-likeness (QED) is 0.683. The number of halogens is 1. The molecule has 0 atom stereocenters. The number of thiazole rings is 1. The molecule has 6 heteroatoms. The van der Waals surface area contributed by atoms with Gasteiger partial charge in [0, 0.05) is 16.6 Å². The fraction of sp³-hybridized carbons (Fsp3) is 0.286. The smallest absolute Gasteiger partial charge is 0.185 e. The second kappa shape index (κ2) is 6.24. The van der Waals surface area contributed by atoms with E-state index in [0.717, 1.165) is 28.3 Å². The predicted molar refractivity (Wildman–Crippen MR) is 85.3 cm³/mol. The van der Waals surface area contributed by atoms with Crippen molar-refractivity contribution < 1.29 is 4.74 Å². The van der Waals surface area contributed by atoms with Gasteiger partial charge in [-0.15, -0.1) is 11.3 Å². The van der Waals surface area contributed by atoms with Gasteiger partial charge in [0.2, 0.25) is 0 Å². The van der Waals surface area contributed by atoms with E-state index in [0.29, 0.717) is 10.2 Å². The van der Waals surface area contributed by atoms with Gasteiger partial charge in [0.15, 0.2) is 10.2 Å². The van der Waals surface area contributed by atoms with Crippen molar-refractivity contribution in [2.75, 3.05) is 12.5 Å². The van der Waals surface area contributed by atoms with E-state index >= 15 is 0 Å². The summed E-state index contributed by atoms with van der Waals surface area (Å²) >= 11 is 7.62. The average Bonchev–Trinajstić information content (AvgIpc) is 2.85. The van der Waals surface area contributed by atoms with E-state index < -0.39 is 0 Å². The lowest BCUT2D eigenvalue weighted by molar-refractivity contribution is 0.412. The van der Waals surface area contributed by atoms with Crippen molar-refractivity contribution in [3.8, 4) is 5.75 Å². The van der Waals surface area contributed by atoms with Crippen LogP contribution in [-0.2, 0) is 0 Å². The topological polar surface area (TPSA) is 46.5 Å². The Kier molecular flexibility index (Phi) is 4.62. The summed E-state index contributed by atoms with van der Waals surface area (Å²) in [7, 11) is 1.65. The van der Waals surface area contributed by atoms with Crippen molar-refractivity contribution in [1.29, 1.82) is 0 Å². The molecule has 0 bridgehead atoms. The zero-order valence-electron chi connectivity index (χ0n) is 11.8. The molecule has 0 saturated carbocycles. The van der Waals surface area contributed by atoms with Crippen LogP contribution in [-0.4, -0.2) is 17.3 Å². The minimum Gasteiger partial charge on any atom is -0.496 e. The van der Waals surface area contributed by atoms with Crippen LogP contribution < -0.4 is 10.2 Å². The van der Waals surface area contributed by atoms with E-state index in [1.165, 1.54) is 11.3 Å². The van der Waals surface area contributed by atoms with Gasteiger partial charge in [0.25, 0.3) is 0 Å². The van der Waals surface area contributed by atoms with Gasteiger partial charge in [-0.3, -0.25) is 5.43 Å². The van der Waals surface area contributed by atoms with Gasteiger partial charge >= 0.3 is 0 Å². The van der Waals surface area contributed by atoms with Gasteiger partial charge < -0.3 is 4.74 Å². The molecule has 0 spiro atoms. The number of hydrazone groups is 1. The molecule has 0 aliphatic rings. The molecule has 0 unspecified atom stereocenters. The summed E-state index contributed by atoms with van der Waals surface area (Å²) in [6, 6.07) is 3.91. The van der Waals surface area contributed by atoms with E-state index in [2.05, 4.69) is 15.5 Å². The highest BCUT2D eigenvalue weighted by Gasteiger charge is 2.09.